The lowest BCUT2D eigenvalue weighted by Crippen LogP contribution is -2.48. The number of carbonyl (C=O) groups is 4. The highest BCUT2D eigenvalue weighted by molar-refractivity contribution is 6.01. The first-order valence-electron chi connectivity index (χ1n) is 10.3. The second-order valence-electron chi connectivity index (χ2n) is 7.25. The number of halogens is 3. The Kier molecular flexibility index (Phi) is 8.05. The van der Waals surface area contributed by atoms with E-state index < -0.39 is 53.5 Å². The molecule has 186 valence electrons. The van der Waals surface area contributed by atoms with Crippen LogP contribution in [-0.4, -0.2) is 41.1 Å². The lowest BCUT2D eigenvalue weighted by molar-refractivity contribution is -0.157. The Morgan fingerprint density at radius 2 is 1.14 bits per heavy atom. The van der Waals surface area contributed by atoms with E-state index in [2.05, 4.69) is 0 Å². The second kappa shape index (κ2) is 11.2. The lowest BCUT2D eigenvalue weighted by atomic mass is 10.1. The highest BCUT2D eigenvalue weighted by Gasteiger charge is 2.42. The number of para-hydroxylation sites is 1. The van der Waals surface area contributed by atoms with Gasteiger partial charge in [0.05, 0.1) is 22.4 Å². The third kappa shape index (κ3) is 6.47. The number of benzene rings is 3. The molecule has 0 heterocycles. The molecule has 0 spiro atoms. The number of anilines is 1. The smallest absolute Gasteiger partial charge is 0.418 e. The molecule has 3 rings (SSSR count). The van der Waals surface area contributed by atoms with Crippen molar-refractivity contribution in [2.75, 3.05) is 5.32 Å². The summed E-state index contributed by atoms with van der Waals surface area (Å²) >= 11 is 0. The highest BCUT2D eigenvalue weighted by Crippen LogP contribution is 2.34. The Hall–Kier alpha value is -4.67. The maximum atomic E-state index is 13.4. The van der Waals surface area contributed by atoms with E-state index in [4.69, 9.17) is 9.47 Å². The molecule has 0 bridgehead atoms. The number of amides is 1. The van der Waals surface area contributed by atoms with Crippen LogP contribution in [0.1, 0.15) is 26.3 Å². The van der Waals surface area contributed by atoms with E-state index in [0.717, 1.165) is 12.1 Å². The minimum absolute atomic E-state index is 0.0697. The summed E-state index contributed by atoms with van der Waals surface area (Å²) in [6.45, 7) is 0. The Balaban J connectivity index is 1.96. The molecule has 0 saturated carbocycles. The van der Waals surface area contributed by atoms with Gasteiger partial charge in [-0.05, 0) is 36.4 Å². The van der Waals surface area contributed by atoms with E-state index in [0.29, 0.717) is 6.07 Å². The van der Waals surface area contributed by atoms with Gasteiger partial charge < -0.3 is 19.9 Å². The molecule has 11 heteroatoms. The van der Waals surface area contributed by atoms with Crippen molar-refractivity contribution in [2.24, 2.45) is 0 Å². The SMILES string of the molecule is O=C(O[C@H](C(=O)O)[C@H](OC(=O)c1ccccc1)C(=O)Nc1ccccc1C(F)(F)F)c1ccccc1. The normalized spacial score (nSPS) is 12.6. The molecule has 0 saturated heterocycles. The number of carboxylic acid groups (broad SMARTS) is 1. The van der Waals surface area contributed by atoms with Gasteiger partial charge in [0.2, 0.25) is 12.2 Å². The zero-order valence-corrected chi connectivity index (χ0v) is 18.3. The van der Waals surface area contributed by atoms with Crippen LogP contribution in [-0.2, 0) is 25.2 Å². The van der Waals surface area contributed by atoms with Gasteiger partial charge in [0.25, 0.3) is 5.91 Å². The van der Waals surface area contributed by atoms with Crippen molar-refractivity contribution in [3.05, 3.63) is 102 Å². The first-order chi connectivity index (χ1) is 17.1. The number of carboxylic acids is 1. The summed E-state index contributed by atoms with van der Waals surface area (Å²) in [5.41, 5.74) is -2.09. The quantitative estimate of drug-likeness (QED) is 0.445. The van der Waals surface area contributed by atoms with Gasteiger partial charge in [0, 0.05) is 0 Å². The van der Waals surface area contributed by atoms with Gasteiger partial charge in [-0.15, -0.1) is 0 Å². The average molecular weight is 501 g/mol. The molecule has 8 nitrogen and oxygen atoms in total. The predicted molar refractivity (Wildman–Crippen MR) is 119 cm³/mol. The fraction of sp³-hybridized carbons (Fsp3) is 0.120. The number of rotatable bonds is 8. The van der Waals surface area contributed by atoms with Gasteiger partial charge in [0.15, 0.2) is 0 Å². The van der Waals surface area contributed by atoms with Gasteiger partial charge >= 0.3 is 24.1 Å². The van der Waals surface area contributed by atoms with Crippen molar-refractivity contribution in [3.8, 4) is 0 Å². The first kappa shape index (κ1) is 25.9. The molecule has 2 N–H and O–H groups in total. The third-order valence-corrected chi connectivity index (χ3v) is 4.75. The van der Waals surface area contributed by atoms with Crippen LogP contribution >= 0.6 is 0 Å². The molecule has 3 aromatic rings. The van der Waals surface area contributed by atoms with Crippen LogP contribution in [0, 0.1) is 0 Å². The highest BCUT2D eigenvalue weighted by atomic mass is 19.4. The lowest BCUT2D eigenvalue weighted by Gasteiger charge is -2.24. The van der Waals surface area contributed by atoms with Crippen LogP contribution in [0.5, 0.6) is 0 Å². The molecule has 2 atom stereocenters. The van der Waals surface area contributed by atoms with Crippen LogP contribution in [0.25, 0.3) is 0 Å². The summed E-state index contributed by atoms with van der Waals surface area (Å²) in [4.78, 5) is 50.1. The Morgan fingerprint density at radius 1 is 0.694 bits per heavy atom. The summed E-state index contributed by atoms with van der Waals surface area (Å²) in [5.74, 6) is -5.65. The van der Waals surface area contributed by atoms with Gasteiger partial charge in [-0.1, -0.05) is 48.5 Å². The summed E-state index contributed by atoms with van der Waals surface area (Å²) in [5, 5.41) is 11.6. The van der Waals surface area contributed by atoms with E-state index in [-0.39, 0.29) is 11.1 Å². The minimum Gasteiger partial charge on any atom is -0.478 e. The van der Waals surface area contributed by atoms with Crippen molar-refractivity contribution >= 4 is 29.5 Å². The van der Waals surface area contributed by atoms with Crippen molar-refractivity contribution in [3.63, 3.8) is 0 Å². The minimum atomic E-state index is -4.86. The Morgan fingerprint density at radius 3 is 1.61 bits per heavy atom. The second-order valence-corrected chi connectivity index (χ2v) is 7.25. The van der Waals surface area contributed by atoms with Crippen molar-refractivity contribution in [2.45, 2.75) is 18.4 Å². The molecule has 0 aliphatic carbocycles. The average Bonchev–Trinajstić information content (AvgIpc) is 2.86. The summed E-state index contributed by atoms with van der Waals surface area (Å²) in [7, 11) is 0. The summed E-state index contributed by atoms with van der Waals surface area (Å²) in [6.07, 6.45) is -9.58. The molecule has 0 unspecified atom stereocenters. The van der Waals surface area contributed by atoms with Crippen molar-refractivity contribution in [1.29, 1.82) is 0 Å². The predicted octanol–water partition coefficient (Wildman–Crippen LogP) is 4.18. The fourth-order valence-corrected chi connectivity index (χ4v) is 3.05. The monoisotopic (exact) mass is 501 g/mol. The molecule has 0 aliphatic rings. The van der Waals surface area contributed by atoms with Crippen molar-refractivity contribution in [1.82, 2.24) is 0 Å². The molecular formula is C25H18F3NO7. The molecule has 0 aromatic heterocycles. The van der Waals surface area contributed by atoms with Gasteiger partial charge in [-0.25, -0.2) is 14.4 Å². The zero-order chi connectivity index (χ0) is 26.3. The number of hydrogen-bond acceptors (Lipinski definition) is 6. The van der Waals surface area contributed by atoms with Crippen LogP contribution in [0.2, 0.25) is 0 Å². The number of alkyl halides is 3. The Bertz CT molecular complexity index is 1250. The molecule has 1 amide bonds. The molecule has 0 radical (unpaired) electrons. The van der Waals surface area contributed by atoms with Gasteiger partial charge in [0.1, 0.15) is 0 Å². The van der Waals surface area contributed by atoms with Gasteiger partial charge in [-0.3, -0.25) is 4.79 Å². The van der Waals surface area contributed by atoms with E-state index in [1.807, 2.05) is 5.32 Å². The maximum Gasteiger partial charge on any atom is 0.418 e. The topological polar surface area (TPSA) is 119 Å². The summed E-state index contributed by atoms with van der Waals surface area (Å²) in [6, 6.07) is 18.2. The zero-order valence-electron chi connectivity index (χ0n) is 18.3. The largest absolute Gasteiger partial charge is 0.478 e. The maximum absolute atomic E-state index is 13.4. The Labute approximate surface area is 202 Å². The standard InChI is InChI=1S/C25H18F3NO7/c26-25(27,28)17-13-7-8-14-18(17)29-21(30)19(35-23(33)15-9-3-1-4-10-15)20(22(31)32)36-24(34)16-11-5-2-6-12-16/h1-14,19-20H,(H,29,30)(H,31,32)/t19-,20-/m0/s1. The molecule has 36 heavy (non-hydrogen) atoms. The first-order valence-corrected chi connectivity index (χ1v) is 10.3. The number of hydrogen-bond donors (Lipinski definition) is 2. The molecular weight excluding hydrogens is 483 g/mol. The molecule has 0 aliphatic heterocycles. The number of ether oxygens (including phenoxy) is 2. The molecule has 0 fully saturated rings. The van der Waals surface area contributed by atoms with Crippen LogP contribution in [0.15, 0.2) is 84.9 Å². The van der Waals surface area contributed by atoms with E-state index in [1.165, 1.54) is 54.6 Å². The van der Waals surface area contributed by atoms with E-state index in [1.54, 1.807) is 12.1 Å². The van der Waals surface area contributed by atoms with Crippen LogP contribution in [0.4, 0.5) is 18.9 Å². The van der Waals surface area contributed by atoms with E-state index in [9.17, 15) is 37.5 Å². The van der Waals surface area contributed by atoms with Crippen LogP contribution in [0.3, 0.4) is 0 Å². The van der Waals surface area contributed by atoms with E-state index >= 15 is 0 Å². The summed E-state index contributed by atoms with van der Waals surface area (Å²) < 4.78 is 50.2. The number of carbonyl (C=O) groups excluding carboxylic acids is 3. The third-order valence-electron chi connectivity index (χ3n) is 4.75. The van der Waals surface area contributed by atoms with Gasteiger partial charge in [-0.2, -0.15) is 13.2 Å². The molecule has 3 aromatic carbocycles. The van der Waals surface area contributed by atoms with Crippen molar-refractivity contribution < 1.29 is 46.9 Å². The van der Waals surface area contributed by atoms with Crippen LogP contribution < -0.4 is 5.32 Å². The number of nitrogens with one attached hydrogen (secondary N) is 1. The number of esters is 2. The fourth-order valence-electron chi connectivity index (χ4n) is 3.05. The number of aliphatic carboxylic acids is 1.